The van der Waals surface area contributed by atoms with Gasteiger partial charge in [-0.1, -0.05) is 6.92 Å². The molecule has 0 radical (unpaired) electrons. The van der Waals surface area contributed by atoms with E-state index in [2.05, 4.69) is 15.2 Å². The van der Waals surface area contributed by atoms with Crippen molar-refractivity contribution < 1.29 is 14.3 Å². The first-order valence-corrected chi connectivity index (χ1v) is 6.57. The minimum atomic E-state index is -0.219. The monoisotopic (exact) mass is 277 g/mol. The molecular formula is C14H19N3O3. The first kappa shape index (κ1) is 14.3. The molecule has 2 unspecified atom stereocenters. The molecule has 108 valence electrons. The van der Waals surface area contributed by atoms with Crippen LogP contribution in [0.4, 0.5) is 5.69 Å². The third kappa shape index (κ3) is 2.74. The van der Waals surface area contributed by atoms with Gasteiger partial charge in [-0.05, 0) is 18.1 Å². The van der Waals surface area contributed by atoms with E-state index in [1.807, 2.05) is 13.0 Å². The summed E-state index contributed by atoms with van der Waals surface area (Å²) in [6, 6.07) is 3.59. The fourth-order valence-corrected chi connectivity index (χ4v) is 2.50. The number of esters is 1. The molecule has 0 aliphatic carbocycles. The fourth-order valence-electron chi connectivity index (χ4n) is 2.50. The highest BCUT2D eigenvalue weighted by molar-refractivity contribution is 5.92. The van der Waals surface area contributed by atoms with Gasteiger partial charge in [-0.25, -0.2) is 0 Å². The van der Waals surface area contributed by atoms with Crippen LogP contribution in [0.5, 0.6) is 0 Å². The van der Waals surface area contributed by atoms with Crippen LogP contribution in [-0.2, 0) is 9.53 Å². The van der Waals surface area contributed by atoms with Gasteiger partial charge in [0.25, 0.3) is 5.91 Å². The topological polar surface area (TPSA) is 71.5 Å². The number of carbonyl (C=O) groups excluding carboxylic acids is 2. The standard InChI is InChI=1S/C14H19N3O3/c1-9-7-17(8-11(9)14(19)20-3)10-4-5-16-12(6-10)13(18)15-2/h4-6,9,11H,7-8H2,1-3H3,(H,15,18). The van der Waals surface area contributed by atoms with Crippen molar-refractivity contribution >= 4 is 17.6 Å². The molecule has 6 nitrogen and oxygen atoms in total. The molecule has 1 saturated heterocycles. The van der Waals surface area contributed by atoms with E-state index < -0.39 is 0 Å². The van der Waals surface area contributed by atoms with Gasteiger partial charge in [-0.15, -0.1) is 0 Å². The Balaban J connectivity index is 2.17. The number of rotatable bonds is 3. The predicted molar refractivity (Wildman–Crippen MR) is 74.5 cm³/mol. The summed E-state index contributed by atoms with van der Waals surface area (Å²) in [7, 11) is 2.98. The van der Waals surface area contributed by atoms with E-state index in [0.29, 0.717) is 12.2 Å². The van der Waals surface area contributed by atoms with Crippen molar-refractivity contribution in [2.75, 3.05) is 32.1 Å². The number of hydrogen-bond acceptors (Lipinski definition) is 5. The van der Waals surface area contributed by atoms with Gasteiger partial charge in [-0.2, -0.15) is 0 Å². The van der Waals surface area contributed by atoms with Crippen LogP contribution in [0, 0.1) is 11.8 Å². The minimum absolute atomic E-state index is 0.128. The fraction of sp³-hybridized carbons (Fsp3) is 0.500. The first-order valence-electron chi connectivity index (χ1n) is 6.57. The number of pyridine rings is 1. The molecule has 2 heterocycles. The van der Waals surface area contributed by atoms with E-state index in [9.17, 15) is 9.59 Å². The number of nitrogens with zero attached hydrogens (tertiary/aromatic N) is 2. The van der Waals surface area contributed by atoms with Crippen molar-refractivity contribution in [2.45, 2.75) is 6.92 Å². The average Bonchev–Trinajstić information content (AvgIpc) is 2.87. The van der Waals surface area contributed by atoms with Crippen molar-refractivity contribution in [3.05, 3.63) is 24.0 Å². The first-order chi connectivity index (χ1) is 9.56. The lowest BCUT2D eigenvalue weighted by atomic mass is 9.99. The number of ether oxygens (including phenoxy) is 1. The summed E-state index contributed by atoms with van der Waals surface area (Å²) in [6.45, 7) is 3.39. The summed E-state index contributed by atoms with van der Waals surface area (Å²) in [5.41, 5.74) is 1.27. The zero-order valence-electron chi connectivity index (χ0n) is 11.9. The highest BCUT2D eigenvalue weighted by Gasteiger charge is 2.35. The van der Waals surface area contributed by atoms with Gasteiger partial charge >= 0.3 is 5.97 Å². The van der Waals surface area contributed by atoms with Gasteiger partial charge in [0.2, 0.25) is 0 Å². The molecular weight excluding hydrogens is 258 g/mol. The number of anilines is 1. The summed E-state index contributed by atoms with van der Waals surface area (Å²) >= 11 is 0. The van der Waals surface area contributed by atoms with E-state index >= 15 is 0 Å². The molecule has 0 aromatic carbocycles. The maximum atomic E-state index is 11.7. The highest BCUT2D eigenvalue weighted by Crippen LogP contribution is 2.28. The van der Waals surface area contributed by atoms with Gasteiger partial charge in [-0.3, -0.25) is 14.6 Å². The van der Waals surface area contributed by atoms with Crippen molar-refractivity contribution in [3.63, 3.8) is 0 Å². The molecule has 20 heavy (non-hydrogen) atoms. The van der Waals surface area contributed by atoms with Gasteiger partial charge in [0.15, 0.2) is 0 Å². The second-order valence-electron chi connectivity index (χ2n) is 4.99. The molecule has 1 amide bonds. The molecule has 2 atom stereocenters. The molecule has 1 aliphatic heterocycles. The summed E-state index contributed by atoms with van der Waals surface area (Å²) < 4.78 is 4.83. The minimum Gasteiger partial charge on any atom is -0.469 e. The maximum Gasteiger partial charge on any atom is 0.310 e. The van der Waals surface area contributed by atoms with Gasteiger partial charge in [0.05, 0.1) is 13.0 Å². The van der Waals surface area contributed by atoms with Crippen molar-refractivity contribution in [1.29, 1.82) is 0 Å². The quantitative estimate of drug-likeness (QED) is 0.823. The maximum absolute atomic E-state index is 11.7. The highest BCUT2D eigenvalue weighted by atomic mass is 16.5. The van der Waals surface area contributed by atoms with E-state index in [0.717, 1.165) is 12.2 Å². The van der Waals surface area contributed by atoms with Crippen LogP contribution in [0.3, 0.4) is 0 Å². The molecule has 6 heteroatoms. The summed E-state index contributed by atoms with van der Waals surface area (Å²) in [5, 5.41) is 2.55. The van der Waals surface area contributed by atoms with Crippen molar-refractivity contribution in [3.8, 4) is 0 Å². The van der Waals surface area contributed by atoms with Gasteiger partial charge in [0.1, 0.15) is 5.69 Å². The lowest BCUT2D eigenvalue weighted by Gasteiger charge is -2.18. The van der Waals surface area contributed by atoms with Crippen LogP contribution in [0.15, 0.2) is 18.3 Å². The molecule has 1 aromatic rings. The Morgan fingerprint density at radius 2 is 2.20 bits per heavy atom. The van der Waals surface area contributed by atoms with Crippen LogP contribution in [0.1, 0.15) is 17.4 Å². The second kappa shape index (κ2) is 5.90. The lowest BCUT2D eigenvalue weighted by Crippen LogP contribution is -2.25. The number of nitrogens with one attached hydrogen (secondary N) is 1. The number of methoxy groups -OCH3 is 1. The third-order valence-corrected chi connectivity index (χ3v) is 3.68. The Kier molecular flexibility index (Phi) is 4.22. The van der Waals surface area contributed by atoms with Crippen LogP contribution in [-0.4, -0.2) is 44.1 Å². The van der Waals surface area contributed by atoms with E-state index in [-0.39, 0.29) is 23.7 Å². The number of hydrogen-bond donors (Lipinski definition) is 1. The number of carbonyl (C=O) groups is 2. The second-order valence-corrected chi connectivity index (χ2v) is 4.99. The van der Waals surface area contributed by atoms with E-state index in [4.69, 9.17) is 4.74 Å². The SMILES string of the molecule is CNC(=O)c1cc(N2CC(C)C(C(=O)OC)C2)ccn1. The van der Waals surface area contributed by atoms with E-state index in [1.165, 1.54) is 7.11 Å². The average molecular weight is 277 g/mol. The van der Waals surface area contributed by atoms with Crippen molar-refractivity contribution in [1.82, 2.24) is 10.3 Å². The molecule has 0 saturated carbocycles. The number of amides is 1. The Labute approximate surface area is 118 Å². The Hall–Kier alpha value is -2.11. The van der Waals surface area contributed by atoms with Crippen LogP contribution >= 0.6 is 0 Å². The van der Waals surface area contributed by atoms with E-state index in [1.54, 1.807) is 19.3 Å². The van der Waals surface area contributed by atoms with Gasteiger partial charge < -0.3 is 15.0 Å². The summed E-state index contributed by atoms with van der Waals surface area (Å²) in [4.78, 5) is 29.4. The predicted octanol–water partition coefficient (Wildman–Crippen LogP) is 0.686. The molecule has 0 spiro atoms. The van der Waals surface area contributed by atoms with Gasteiger partial charge in [0, 0.05) is 32.0 Å². The summed E-state index contributed by atoms with van der Waals surface area (Å²) in [5.74, 6) is -0.306. The Bertz CT molecular complexity index is 518. The lowest BCUT2D eigenvalue weighted by molar-refractivity contribution is -0.145. The molecule has 1 aliphatic rings. The van der Waals surface area contributed by atoms with Crippen LogP contribution in [0.2, 0.25) is 0 Å². The molecule has 1 fully saturated rings. The summed E-state index contributed by atoms with van der Waals surface area (Å²) in [6.07, 6.45) is 1.61. The molecule has 1 N–H and O–H groups in total. The molecule has 0 bridgehead atoms. The normalized spacial score (nSPS) is 21.6. The van der Waals surface area contributed by atoms with Crippen LogP contribution in [0.25, 0.3) is 0 Å². The number of aromatic nitrogens is 1. The molecule has 2 rings (SSSR count). The largest absolute Gasteiger partial charge is 0.469 e. The molecule has 1 aromatic heterocycles. The Morgan fingerprint density at radius 1 is 1.45 bits per heavy atom. The Morgan fingerprint density at radius 3 is 2.85 bits per heavy atom. The smallest absolute Gasteiger partial charge is 0.310 e. The zero-order chi connectivity index (χ0) is 14.7. The third-order valence-electron chi connectivity index (χ3n) is 3.68. The van der Waals surface area contributed by atoms with Crippen molar-refractivity contribution in [2.24, 2.45) is 11.8 Å². The van der Waals surface area contributed by atoms with Crippen LogP contribution < -0.4 is 10.2 Å². The zero-order valence-corrected chi connectivity index (χ0v) is 11.9.